The van der Waals surface area contributed by atoms with Crippen LogP contribution in [0.1, 0.15) is 18.7 Å². The van der Waals surface area contributed by atoms with Crippen LogP contribution < -0.4 is 10.1 Å². The van der Waals surface area contributed by atoms with Gasteiger partial charge in [-0.1, -0.05) is 0 Å². The van der Waals surface area contributed by atoms with E-state index in [1.165, 1.54) is 0 Å². The number of fused-ring (bicyclic) bond motifs is 1. The molecule has 5 rings (SSSR count). The van der Waals surface area contributed by atoms with E-state index in [1.54, 1.807) is 16.9 Å². The summed E-state index contributed by atoms with van der Waals surface area (Å²) in [7, 11) is 1.82. The van der Waals surface area contributed by atoms with Crippen LogP contribution in [0.5, 0.6) is 5.88 Å². The van der Waals surface area contributed by atoms with Gasteiger partial charge >= 0.3 is 0 Å². The van der Waals surface area contributed by atoms with Gasteiger partial charge in [0.2, 0.25) is 5.95 Å². The van der Waals surface area contributed by atoms with Crippen LogP contribution in [-0.4, -0.2) is 56.3 Å². The number of hydrogen-bond acceptors (Lipinski definition) is 8. The lowest BCUT2D eigenvalue weighted by Crippen LogP contribution is -2.39. The molecular weight excluding hydrogens is 362 g/mol. The predicted molar refractivity (Wildman–Crippen MR) is 98.4 cm³/mol. The Bertz CT molecular complexity index is 1080. The van der Waals surface area contributed by atoms with Gasteiger partial charge in [-0.25, -0.2) is 4.98 Å². The van der Waals surface area contributed by atoms with E-state index in [9.17, 15) is 5.26 Å². The molecule has 3 aromatic heterocycles. The van der Waals surface area contributed by atoms with Crippen molar-refractivity contribution < 1.29 is 14.2 Å². The molecule has 3 aromatic rings. The maximum absolute atomic E-state index is 9.52. The Hall–Kier alpha value is -3.16. The van der Waals surface area contributed by atoms with Crippen molar-refractivity contribution in [3.8, 4) is 11.9 Å². The molecule has 1 N–H and O–H groups in total. The lowest BCUT2D eigenvalue weighted by Gasteiger charge is -2.35. The molecule has 0 bridgehead atoms. The molecule has 0 aromatic carbocycles. The molecule has 2 saturated heterocycles. The summed E-state index contributed by atoms with van der Waals surface area (Å²) in [5.41, 5.74) is 1.93. The molecule has 0 spiro atoms. The molecule has 2 atom stereocenters. The number of nitrogens with zero attached hydrogens (tertiary/aromatic N) is 6. The molecule has 0 saturated carbocycles. The summed E-state index contributed by atoms with van der Waals surface area (Å²) >= 11 is 0. The third kappa shape index (κ3) is 2.76. The molecule has 0 aliphatic carbocycles. The summed E-state index contributed by atoms with van der Waals surface area (Å²) in [6.45, 7) is 3.68. The number of nitrogens with one attached hydrogen (secondary N) is 1. The summed E-state index contributed by atoms with van der Waals surface area (Å²) in [6, 6.07) is 4.14. The number of rotatable bonds is 5. The van der Waals surface area contributed by atoms with Crippen molar-refractivity contribution in [1.29, 1.82) is 5.26 Å². The minimum Gasteiger partial charge on any atom is -0.467 e. The van der Waals surface area contributed by atoms with Gasteiger partial charge in [-0.15, -0.1) is 5.10 Å². The number of anilines is 2. The van der Waals surface area contributed by atoms with Gasteiger partial charge in [-0.05, 0) is 13.0 Å². The van der Waals surface area contributed by atoms with Gasteiger partial charge in [0.15, 0.2) is 0 Å². The Morgan fingerprint density at radius 1 is 1.36 bits per heavy atom. The molecule has 2 fully saturated rings. The van der Waals surface area contributed by atoms with Gasteiger partial charge in [0.25, 0.3) is 5.88 Å². The van der Waals surface area contributed by atoms with E-state index in [0.717, 1.165) is 5.39 Å². The Kier molecular flexibility index (Phi) is 3.92. The van der Waals surface area contributed by atoms with Crippen LogP contribution in [0.3, 0.4) is 0 Å². The second-order valence-corrected chi connectivity index (χ2v) is 7.01. The first-order chi connectivity index (χ1) is 13.6. The van der Waals surface area contributed by atoms with Gasteiger partial charge in [0.05, 0.1) is 38.2 Å². The van der Waals surface area contributed by atoms with Gasteiger partial charge in [0, 0.05) is 18.6 Å². The summed E-state index contributed by atoms with van der Waals surface area (Å²) in [6.07, 6.45) is 3.57. The Balaban J connectivity index is 1.49. The summed E-state index contributed by atoms with van der Waals surface area (Å²) in [5, 5.41) is 17.9. The predicted octanol–water partition coefficient (Wildman–Crippen LogP) is 1.52. The fraction of sp³-hybridized carbons (Fsp3) is 0.444. The zero-order valence-corrected chi connectivity index (χ0v) is 15.5. The fourth-order valence-electron chi connectivity index (χ4n) is 3.35. The van der Waals surface area contributed by atoms with Crippen LogP contribution >= 0.6 is 0 Å². The van der Waals surface area contributed by atoms with E-state index in [-0.39, 0.29) is 18.2 Å². The molecule has 0 amide bonds. The molecule has 144 valence electrons. The molecular formula is C18H19N7O3. The molecule has 2 aliphatic rings. The third-order valence-electron chi connectivity index (χ3n) is 5.02. The lowest BCUT2D eigenvalue weighted by molar-refractivity contribution is -0.0918. The molecule has 0 radical (unpaired) electrons. The number of nitriles is 1. The third-order valence-corrected chi connectivity index (χ3v) is 5.02. The maximum Gasteiger partial charge on any atom is 0.257 e. The quantitative estimate of drug-likeness (QED) is 0.708. The molecule has 5 heterocycles. The number of aryl methyl sites for hydroxylation is 1. The number of aromatic nitrogens is 5. The van der Waals surface area contributed by atoms with Gasteiger partial charge in [-0.2, -0.15) is 10.2 Å². The minimum atomic E-state index is 0.00868. The Morgan fingerprint density at radius 3 is 2.86 bits per heavy atom. The standard InChI is InChI=1S/C18H19N7O3/c1-10-15(9-27-10)25-12(4-19)3-11-5-20-18(22-16(11)25)21-14-6-24(2)23-17(14)28-13-7-26-8-13/h3,5-6,10,13,15H,7-9H2,1-2H3,(H,20,21,22). The Morgan fingerprint density at radius 2 is 2.21 bits per heavy atom. The highest BCUT2D eigenvalue weighted by Gasteiger charge is 2.33. The van der Waals surface area contributed by atoms with Crippen molar-refractivity contribution in [2.75, 3.05) is 25.1 Å². The van der Waals surface area contributed by atoms with Gasteiger partial charge < -0.3 is 24.1 Å². The minimum absolute atomic E-state index is 0.00868. The van der Waals surface area contributed by atoms with E-state index >= 15 is 0 Å². The summed E-state index contributed by atoms with van der Waals surface area (Å²) < 4.78 is 20.1. The van der Waals surface area contributed by atoms with E-state index in [4.69, 9.17) is 14.2 Å². The first-order valence-corrected chi connectivity index (χ1v) is 9.07. The lowest BCUT2D eigenvalue weighted by atomic mass is 10.1. The smallest absolute Gasteiger partial charge is 0.257 e. The zero-order valence-electron chi connectivity index (χ0n) is 15.5. The maximum atomic E-state index is 9.52. The highest BCUT2D eigenvalue weighted by molar-refractivity contribution is 5.79. The molecule has 10 nitrogen and oxygen atoms in total. The second-order valence-electron chi connectivity index (χ2n) is 7.01. The van der Waals surface area contributed by atoms with Crippen molar-refractivity contribution in [2.24, 2.45) is 7.05 Å². The fourth-order valence-corrected chi connectivity index (χ4v) is 3.35. The van der Waals surface area contributed by atoms with Crippen LogP contribution in [0.2, 0.25) is 0 Å². The van der Waals surface area contributed by atoms with Crippen molar-refractivity contribution in [3.63, 3.8) is 0 Å². The van der Waals surface area contributed by atoms with Crippen LogP contribution in [-0.2, 0) is 16.5 Å². The van der Waals surface area contributed by atoms with E-state index in [1.807, 2.05) is 24.7 Å². The number of hydrogen-bond donors (Lipinski definition) is 1. The molecule has 28 heavy (non-hydrogen) atoms. The van der Waals surface area contributed by atoms with Crippen molar-refractivity contribution in [2.45, 2.75) is 25.2 Å². The zero-order chi connectivity index (χ0) is 19.3. The van der Waals surface area contributed by atoms with E-state index in [2.05, 4.69) is 26.5 Å². The largest absolute Gasteiger partial charge is 0.467 e. The highest BCUT2D eigenvalue weighted by Crippen LogP contribution is 2.32. The summed E-state index contributed by atoms with van der Waals surface area (Å²) in [5.74, 6) is 0.889. The van der Waals surface area contributed by atoms with Crippen molar-refractivity contribution in [1.82, 2.24) is 24.3 Å². The second kappa shape index (κ2) is 6.47. The average molecular weight is 381 g/mol. The molecule has 10 heteroatoms. The van der Waals surface area contributed by atoms with Gasteiger partial charge in [0.1, 0.15) is 29.2 Å². The van der Waals surface area contributed by atoms with Crippen molar-refractivity contribution >= 4 is 22.7 Å². The van der Waals surface area contributed by atoms with Crippen LogP contribution in [0.4, 0.5) is 11.6 Å². The molecule has 2 unspecified atom stereocenters. The molecule has 2 aliphatic heterocycles. The topological polar surface area (TPSA) is 112 Å². The monoisotopic (exact) mass is 381 g/mol. The van der Waals surface area contributed by atoms with Crippen LogP contribution in [0.25, 0.3) is 11.0 Å². The first kappa shape index (κ1) is 17.0. The van der Waals surface area contributed by atoms with Crippen LogP contribution in [0, 0.1) is 11.3 Å². The van der Waals surface area contributed by atoms with Gasteiger partial charge in [-0.3, -0.25) is 4.68 Å². The normalized spacial score (nSPS) is 21.8. The van der Waals surface area contributed by atoms with Crippen molar-refractivity contribution in [3.05, 3.63) is 24.2 Å². The first-order valence-electron chi connectivity index (χ1n) is 9.07. The number of ether oxygens (including phenoxy) is 3. The van der Waals surface area contributed by atoms with Crippen LogP contribution in [0.15, 0.2) is 18.5 Å². The average Bonchev–Trinajstić information content (AvgIpc) is 3.17. The summed E-state index contributed by atoms with van der Waals surface area (Å²) in [4.78, 5) is 9.04. The Labute approximate surface area is 160 Å². The highest BCUT2D eigenvalue weighted by atomic mass is 16.6. The van der Waals surface area contributed by atoms with E-state index in [0.29, 0.717) is 48.7 Å². The van der Waals surface area contributed by atoms with E-state index < -0.39 is 0 Å². The SMILES string of the molecule is CC1OCC1n1c(C#N)cc2cnc(Nc3cn(C)nc3OC3COC3)nc21.